The Balaban J connectivity index is 1.77. The number of rotatable bonds is 8. The fourth-order valence-electron chi connectivity index (χ4n) is 2.63. The number of carbonyl (C=O) groups is 2. The summed E-state index contributed by atoms with van der Waals surface area (Å²) in [4.78, 5) is 23.2. The van der Waals surface area contributed by atoms with Crippen LogP contribution in [0.1, 0.15) is 31.2 Å². The zero-order valence-electron chi connectivity index (χ0n) is 13.5. The first-order chi connectivity index (χ1) is 11.3. The molecule has 1 saturated carbocycles. The van der Waals surface area contributed by atoms with Crippen LogP contribution in [0.15, 0.2) is 29.2 Å². The number of nitrogens with one attached hydrogen (secondary N) is 2. The van der Waals surface area contributed by atoms with Gasteiger partial charge in [-0.1, -0.05) is 24.1 Å². The lowest BCUT2D eigenvalue weighted by molar-refractivity contribution is -0.157. The average molecular weight is 354 g/mol. The summed E-state index contributed by atoms with van der Waals surface area (Å²) in [5.74, 6) is -1.31. The molecule has 2 rings (SSSR count). The van der Waals surface area contributed by atoms with Gasteiger partial charge >= 0.3 is 5.97 Å². The number of hydrogen-bond acceptors (Lipinski definition) is 4. The number of aryl methyl sites for hydroxylation is 1. The van der Waals surface area contributed by atoms with Crippen molar-refractivity contribution in [2.45, 2.75) is 37.5 Å². The van der Waals surface area contributed by atoms with E-state index in [1.807, 2.05) is 6.92 Å². The van der Waals surface area contributed by atoms with Gasteiger partial charge in [-0.05, 0) is 31.9 Å². The number of benzene rings is 1. The van der Waals surface area contributed by atoms with Gasteiger partial charge in [-0.3, -0.25) is 9.59 Å². The van der Waals surface area contributed by atoms with E-state index in [1.54, 1.807) is 12.1 Å². The minimum atomic E-state index is -3.61. The number of aliphatic carboxylic acids is 1. The molecule has 1 aromatic carbocycles. The molecule has 132 valence electrons. The van der Waals surface area contributed by atoms with Gasteiger partial charge in [-0.2, -0.15) is 0 Å². The fraction of sp³-hybridized carbons (Fsp3) is 0.500. The predicted octanol–water partition coefficient (Wildman–Crippen LogP) is 1.03. The zero-order chi connectivity index (χ0) is 17.8. The Morgan fingerprint density at radius 1 is 1.17 bits per heavy atom. The van der Waals surface area contributed by atoms with Gasteiger partial charge in [-0.25, -0.2) is 13.1 Å². The van der Waals surface area contributed by atoms with E-state index < -0.39 is 21.4 Å². The Labute approximate surface area is 141 Å². The largest absolute Gasteiger partial charge is 0.481 e. The van der Waals surface area contributed by atoms with Crippen LogP contribution in [-0.2, 0) is 19.6 Å². The molecule has 0 heterocycles. The Morgan fingerprint density at radius 2 is 1.79 bits per heavy atom. The highest BCUT2D eigenvalue weighted by atomic mass is 32.2. The van der Waals surface area contributed by atoms with Crippen LogP contribution in [0.3, 0.4) is 0 Å². The van der Waals surface area contributed by atoms with Gasteiger partial charge in [0.25, 0.3) is 0 Å². The molecule has 7 nitrogen and oxygen atoms in total. The molecular formula is C16H22N2O5S. The summed E-state index contributed by atoms with van der Waals surface area (Å²) in [6.45, 7) is 2.02. The summed E-state index contributed by atoms with van der Waals surface area (Å²) in [5, 5.41) is 11.8. The van der Waals surface area contributed by atoms with Crippen molar-refractivity contribution in [1.82, 2.24) is 10.0 Å². The molecule has 0 bridgehead atoms. The molecule has 1 fully saturated rings. The molecule has 0 aromatic heterocycles. The number of hydrogen-bond donors (Lipinski definition) is 3. The van der Waals surface area contributed by atoms with E-state index in [2.05, 4.69) is 10.0 Å². The van der Waals surface area contributed by atoms with E-state index in [1.165, 1.54) is 12.1 Å². The molecule has 1 aliphatic carbocycles. The summed E-state index contributed by atoms with van der Waals surface area (Å²) >= 11 is 0. The molecular weight excluding hydrogens is 332 g/mol. The number of sulfonamides is 1. The Kier molecular flexibility index (Phi) is 5.61. The molecule has 24 heavy (non-hydrogen) atoms. The normalized spacial score (nSPS) is 16.2. The second-order valence-corrected chi connectivity index (χ2v) is 7.94. The van der Waals surface area contributed by atoms with E-state index in [9.17, 15) is 23.1 Å². The number of carboxylic acids is 1. The minimum Gasteiger partial charge on any atom is -0.481 e. The molecule has 0 radical (unpaired) electrons. The summed E-state index contributed by atoms with van der Waals surface area (Å²) in [6, 6.07) is 6.45. The van der Waals surface area contributed by atoms with Gasteiger partial charge in [0.15, 0.2) is 0 Å². The van der Waals surface area contributed by atoms with Gasteiger partial charge in [0.05, 0.1) is 10.3 Å². The maximum absolute atomic E-state index is 12.1. The van der Waals surface area contributed by atoms with Crippen LogP contribution in [-0.4, -0.2) is 38.5 Å². The van der Waals surface area contributed by atoms with E-state index in [-0.39, 0.29) is 30.3 Å². The number of carbonyl (C=O) groups excluding carboxylic acids is 1. The highest BCUT2D eigenvalue weighted by Gasteiger charge is 2.45. The SMILES string of the molecule is Cc1ccc(S(=O)(=O)NCCNC(=O)CC2(C(=O)O)CCC2)cc1. The average Bonchev–Trinajstić information content (AvgIpc) is 2.47. The van der Waals surface area contributed by atoms with Crippen LogP contribution in [0, 0.1) is 12.3 Å². The molecule has 0 saturated heterocycles. The number of amides is 1. The van der Waals surface area contributed by atoms with Crippen molar-refractivity contribution in [3.63, 3.8) is 0 Å². The Hall–Kier alpha value is -1.93. The second kappa shape index (κ2) is 7.31. The van der Waals surface area contributed by atoms with Crippen LogP contribution in [0.5, 0.6) is 0 Å². The molecule has 1 aliphatic rings. The quantitative estimate of drug-likeness (QED) is 0.604. The van der Waals surface area contributed by atoms with Crippen LogP contribution in [0.25, 0.3) is 0 Å². The smallest absolute Gasteiger partial charge is 0.310 e. The van der Waals surface area contributed by atoms with Crippen LogP contribution in [0.4, 0.5) is 0 Å². The van der Waals surface area contributed by atoms with Crippen molar-refractivity contribution in [3.8, 4) is 0 Å². The molecule has 1 amide bonds. The van der Waals surface area contributed by atoms with Gasteiger partial charge < -0.3 is 10.4 Å². The summed E-state index contributed by atoms with van der Waals surface area (Å²) in [5.41, 5.74) is 0.0236. The van der Waals surface area contributed by atoms with E-state index in [0.29, 0.717) is 12.8 Å². The minimum absolute atomic E-state index is 0.0437. The monoisotopic (exact) mass is 354 g/mol. The van der Waals surface area contributed by atoms with Crippen molar-refractivity contribution in [2.75, 3.05) is 13.1 Å². The lowest BCUT2D eigenvalue weighted by Crippen LogP contribution is -2.43. The highest BCUT2D eigenvalue weighted by molar-refractivity contribution is 7.89. The Bertz CT molecular complexity index is 708. The van der Waals surface area contributed by atoms with E-state index in [0.717, 1.165) is 12.0 Å². The maximum atomic E-state index is 12.1. The first kappa shape index (κ1) is 18.4. The van der Waals surface area contributed by atoms with Gasteiger partial charge in [-0.15, -0.1) is 0 Å². The molecule has 0 unspecified atom stereocenters. The molecule has 3 N–H and O–H groups in total. The zero-order valence-corrected chi connectivity index (χ0v) is 14.4. The lowest BCUT2D eigenvalue weighted by atomic mass is 9.66. The van der Waals surface area contributed by atoms with Gasteiger partial charge in [0, 0.05) is 19.5 Å². The number of carboxylic acid groups (broad SMARTS) is 1. The van der Waals surface area contributed by atoms with E-state index >= 15 is 0 Å². The molecule has 8 heteroatoms. The van der Waals surface area contributed by atoms with Crippen LogP contribution < -0.4 is 10.0 Å². The Morgan fingerprint density at radius 3 is 2.29 bits per heavy atom. The molecule has 1 aromatic rings. The molecule has 0 aliphatic heterocycles. The first-order valence-electron chi connectivity index (χ1n) is 7.82. The van der Waals surface area contributed by atoms with Crippen molar-refractivity contribution in [2.24, 2.45) is 5.41 Å². The van der Waals surface area contributed by atoms with Gasteiger partial charge in [0.2, 0.25) is 15.9 Å². The topological polar surface area (TPSA) is 113 Å². The predicted molar refractivity (Wildman–Crippen MR) is 87.9 cm³/mol. The summed E-state index contributed by atoms with van der Waals surface area (Å²) in [7, 11) is -3.61. The maximum Gasteiger partial charge on any atom is 0.310 e. The van der Waals surface area contributed by atoms with Crippen LogP contribution in [0.2, 0.25) is 0 Å². The third-order valence-electron chi connectivity index (χ3n) is 4.33. The third kappa shape index (κ3) is 4.33. The summed E-state index contributed by atoms with van der Waals surface area (Å²) < 4.78 is 26.5. The summed E-state index contributed by atoms with van der Waals surface area (Å²) in [6.07, 6.45) is 1.77. The fourth-order valence-corrected chi connectivity index (χ4v) is 3.66. The lowest BCUT2D eigenvalue weighted by Gasteiger charge is -2.36. The van der Waals surface area contributed by atoms with Gasteiger partial charge in [0.1, 0.15) is 0 Å². The molecule has 0 spiro atoms. The van der Waals surface area contributed by atoms with Crippen molar-refractivity contribution in [3.05, 3.63) is 29.8 Å². The van der Waals surface area contributed by atoms with Crippen LogP contribution >= 0.6 is 0 Å². The van der Waals surface area contributed by atoms with Crippen molar-refractivity contribution >= 4 is 21.9 Å². The van der Waals surface area contributed by atoms with Crippen molar-refractivity contribution in [1.29, 1.82) is 0 Å². The van der Waals surface area contributed by atoms with Crippen molar-refractivity contribution < 1.29 is 23.1 Å². The first-order valence-corrected chi connectivity index (χ1v) is 9.30. The standard InChI is InChI=1S/C16H22N2O5S/c1-12-3-5-13(6-4-12)24(22,23)18-10-9-17-14(19)11-16(15(20)21)7-2-8-16/h3-6,18H,2,7-11H2,1H3,(H,17,19)(H,20,21). The van der Waals surface area contributed by atoms with E-state index in [4.69, 9.17) is 0 Å². The second-order valence-electron chi connectivity index (χ2n) is 6.18. The highest BCUT2D eigenvalue weighted by Crippen LogP contribution is 2.44. The third-order valence-corrected chi connectivity index (χ3v) is 5.81. The molecule has 0 atom stereocenters.